The Balaban J connectivity index is 1.55. The first-order valence-electron chi connectivity index (χ1n) is 9.64. The number of hydrogen-bond donors (Lipinski definition) is 1. The van der Waals surface area contributed by atoms with Gasteiger partial charge < -0.3 is 5.32 Å². The van der Waals surface area contributed by atoms with Crippen molar-refractivity contribution in [3.63, 3.8) is 0 Å². The van der Waals surface area contributed by atoms with Crippen LogP contribution in [0.25, 0.3) is 0 Å². The van der Waals surface area contributed by atoms with E-state index in [9.17, 15) is 19.2 Å². The Morgan fingerprint density at radius 2 is 1.34 bits per heavy atom. The topological polar surface area (TPSA) is 86.8 Å². The van der Waals surface area contributed by atoms with E-state index in [4.69, 9.17) is 0 Å². The third kappa shape index (κ3) is 2.90. The minimum Gasteiger partial charge on any atom is -0.319 e. The summed E-state index contributed by atoms with van der Waals surface area (Å²) in [6, 6.07) is 15.2. The van der Waals surface area contributed by atoms with Gasteiger partial charge in [-0.3, -0.25) is 24.2 Å². The lowest BCUT2D eigenvalue weighted by atomic mass is 9.85. The van der Waals surface area contributed by atoms with Crippen molar-refractivity contribution in [3.8, 4) is 0 Å². The Bertz CT molecular complexity index is 969. The minimum absolute atomic E-state index is 0.0392. The molecule has 4 rings (SSSR count). The molecule has 1 atom stereocenters. The molecule has 0 unspecified atom stereocenters. The largest absolute Gasteiger partial charge is 0.325 e. The number of rotatable bonds is 6. The number of fused-ring (bicyclic) bond motifs is 1. The van der Waals surface area contributed by atoms with Gasteiger partial charge in [0.15, 0.2) is 0 Å². The maximum atomic E-state index is 13.3. The summed E-state index contributed by atoms with van der Waals surface area (Å²) in [5.41, 5.74) is 0.303. The Morgan fingerprint density at radius 3 is 1.93 bits per heavy atom. The average molecular weight is 391 g/mol. The van der Waals surface area contributed by atoms with Gasteiger partial charge in [0.2, 0.25) is 0 Å². The fourth-order valence-electron chi connectivity index (χ4n) is 4.08. The zero-order valence-corrected chi connectivity index (χ0v) is 16.1. The molecule has 0 saturated carbocycles. The van der Waals surface area contributed by atoms with Gasteiger partial charge in [-0.1, -0.05) is 55.8 Å². The summed E-state index contributed by atoms with van der Waals surface area (Å²) in [6.45, 7) is 1.86. The molecule has 2 aliphatic heterocycles. The molecule has 5 amide bonds. The number of nitrogens with zero attached hydrogens (tertiary/aromatic N) is 2. The summed E-state index contributed by atoms with van der Waals surface area (Å²) in [5, 5.41) is 2.85. The van der Waals surface area contributed by atoms with Crippen molar-refractivity contribution < 1.29 is 19.2 Å². The average Bonchev–Trinajstić information content (AvgIpc) is 3.13. The van der Waals surface area contributed by atoms with E-state index < -0.39 is 23.4 Å². The molecular weight excluding hydrogens is 370 g/mol. The van der Waals surface area contributed by atoms with Crippen LogP contribution in [0.3, 0.4) is 0 Å². The molecule has 7 nitrogen and oxygen atoms in total. The molecule has 2 aromatic rings. The maximum absolute atomic E-state index is 13.3. The molecule has 0 radical (unpaired) electrons. The van der Waals surface area contributed by atoms with Gasteiger partial charge in [0, 0.05) is 13.1 Å². The fraction of sp³-hybridized carbons (Fsp3) is 0.273. The molecule has 0 aliphatic carbocycles. The monoisotopic (exact) mass is 391 g/mol. The maximum Gasteiger partial charge on any atom is 0.325 e. The van der Waals surface area contributed by atoms with E-state index >= 15 is 0 Å². The summed E-state index contributed by atoms with van der Waals surface area (Å²) in [5.74, 6) is -1.16. The third-order valence-corrected chi connectivity index (χ3v) is 5.49. The molecule has 0 aromatic heterocycles. The smallest absolute Gasteiger partial charge is 0.319 e. The first-order valence-corrected chi connectivity index (χ1v) is 9.64. The van der Waals surface area contributed by atoms with E-state index in [0.29, 0.717) is 24.0 Å². The van der Waals surface area contributed by atoms with Crippen LogP contribution in [0.1, 0.15) is 46.0 Å². The lowest BCUT2D eigenvalue weighted by molar-refractivity contribution is -0.132. The van der Waals surface area contributed by atoms with Crippen LogP contribution in [0.4, 0.5) is 4.79 Å². The number of carbonyl (C=O) groups excluding carboxylic acids is 4. The van der Waals surface area contributed by atoms with Crippen molar-refractivity contribution in [2.24, 2.45) is 0 Å². The first-order chi connectivity index (χ1) is 14.0. The molecular formula is C22H21N3O4. The zero-order valence-electron chi connectivity index (χ0n) is 16.1. The number of benzene rings is 2. The summed E-state index contributed by atoms with van der Waals surface area (Å²) in [4.78, 5) is 53.2. The molecule has 2 aliphatic rings. The summed E-state index contributed by atoms with van der Waals surface area (Å²) >= 11 is 0. The van der Waals surface area contributed by atoms with Crippen LogP contribution < -0.4 is 5.32 Å². The molecule has 0 bridgehead atoms. The van der Waals surface area contributed by atoms with Crippen LogP contribution in [0, 0.1) is 0 Å². The van der Waals surface area contributed by atoms with Crippen molar-refractivity contribution >= 4 is 23.8 Å². The van der Waals surface area contributed by atoms with E-state index in [1.165, 1.54) is 0 Å². The second kappa shape index (κ2) is 7.16. The van der Waals surface area contributed by atoms with E-state index in [-0.39, 0.29) is 19.0 Å². The minimum atomic E-state index is -1.12. The van der Waals surface area contributed by atoms with Gasteiger partial charge in [-0.05, 0) is 24.1 Å². The third-order valence-electron chi connectivity index (χ3n) is 5.49. The lowest BCUT2D eigenvalue weighted by Crippen LogP contribution is -2.45. The quantitative estimate of drug-likeness (QED) is 0.606. The molecule has 2 heterocycles. The van der Waals surface area contributed by atoms with Crippen LogP contribution >= 0.6 is 0 Å². The SMILES string of the molecule is CCC[C@]1(c2ccccc2)NC(=O)N(CCN2C(=O)c3ccccc3C2=O)C1=O. The van der Waals surface area contributed by atoms with Crippen LogP contribution in [-0.2, 0) is 10.3 Å². The Labute approximate surface area is 168 Å². The van der Waals surface area contributed by atoms with Crippen LogP contribution in [-0.4, -0.2) is 46.6 Å². The lowest BCUT2D eigenvalue weighted by Gasteiger charge is -2.27. The van der Waals surface area contributed by atoms with Gasteiger partial charge in [-0.25, -0.2) is 4.79 Å². The van der Waals surface area contributed by atoms with Crippen molar-refractivity contribution in [1.82, 2.24) is 15.1 Å². The van der Waals surface area contributed by atoms with E-state index in [1.54, 1.807) is 24.3 Å². The highest BCUT2D eigenvalue weighted by atomic mass is 16.2. The predicted molar refractivity (Wildman–Crippen MR) is 105 cm³/mol. The molecule has 1 fully saturated rings. The summed E-state index contributed by atoms with van der Waals surface area (Å²) in [7, 11) is 0. The van der Waals surface area contributed by atoms with E-state index in [2.05, 4.69) is 5.32 Å². The summed E-state index contributed by atoms with van der Waals surface area (Å²) in [6.07, 6.45) is 1.16. The van der Waals surface area contributed by atoms with E-state index in [0.717, 1.165) is 15.4 Å². The summed E-state index contributed by atoms with van der Waals surface area (Å²) < 4.78 is 0. The van der Waals surface area contributed by atoms with Crippen LogP contribution in [0.5, 0.6) is 0 Å². The van der Waals surface area contributed by atoms with Crippen molar-refractivity contribution in [2.75, 3.05) is 13.1 Å². The normalized spacial score (nSPS) is 21.0. The number of imide groups is 2. The van der Waals surface area contributed by atoms with Gasteiger partial charge in [0.1, 0.15) is 5.54 Å². The molecule has 2 aromatic carbocycles. The standard InChI is InChI=1S/C22H21N3O4/c1-2-12-22(15-8-4-3-5-9-15)20(28)25(21(29)23-22)14-13-24-18(26)16-10-6-7-11-17(16)19(24)27/h3-11H,2,12-14H2,1H3,(H,23,29)/t22-/m1/s1. The number of amides is 5. The fourth-order valence-corrected chi connectivity index (χ4v) is 4.08. The number of hydrogen-bond acceptors (Lipinski definition) is 4. The van der Waals surface area contributed by atoms with Gasteiger partial charge >= 0.3 is 6.03 Å². The van der Waals surface area contributed by atoms with Gasteiger partial charge in [-0.15, -0.1) is 0 Å². The van der Waals surface area contributed by atoms with Crippen molar-refractivity contribution in [3.05, 3.63) is 71.3 Å². The zero-order chi connectivity index (χ0) is 20.6. The van der Waals surface area contributed by atoms with Crippen molar-refractivity contribution in [1.29, 1.82) is 0 Å². The van der Waals surface area contributed by atoms with Crippen LogP contribution in [0.15, 0.2) is 54.6 Å². The number of nitrogens with one attached hydrogen (secondary N) is 1. The molecule has 29 heavy (non-hydrogen) atoms. The number of carbonyl (C=O) groups is 4. The first kappa shape index (κ1) is 18.9. The highest BCUT2D eigenvalue weighted by molar-refractivity contribution is 6.21. The molecule has 1 saturated heterocycles. The van der Waals surface area contributed by atoms with E-state index in [1.807, 2.05) is 37.3 Å². The second-order valence-electron chi connectivity index (χ2n) is 7.22. The molecule has 1 N–H and O–H groups in total. The Kier molecular flexibility index (Phi) is 4.66. The molecule has 148 valence electrons. The second-order valence-corrected chi connectivity index (χ2v) is 7.22. The van der Waals surface area contributed by atoms with Gasteiger partial charge in [0.25, 0.3) is 17.7 Å². The van der Waals surface area contributed by atoms with Gasteiger partial charge in [-0.2, -0.15) is 0 Å². The van der Waals surface area contributed by atoms with Crippen molar-refractivity contribution in [2.45, 2.75) is 25.3 Å². The molecule has 7 heteroatoms. The Morgan fingerprint density at radius 1 is 0.793 bits per heavy atom. The predicted octanol–water partition coefficient (Wildman–Crippen LogP) is 2.53. The highest BCUT2D eigenvalue weighted by Crippen LogP contribution is 2.33. The Hall–Kier alpha value is -3.48. The molecule has 0 spiro atoms. The van der Waals surface area contributed by atoms with Gasteiger partial charge in [0.05, 0.1) is 11.1 Å². The number of urea groups is 1. The van der Waals surface area contributed by atoms with Crippen LogP contribution in [0.2, 0.25) is 0 Å². The highest BCUT2D eigenvalue weighted by Gasteiger charge is 2.51.